The zero-order chi connectivity index (χ0) is 44.0. The number of likely N-dealkylation sites (tertiary alicyclic amines) is 2. The van der Waals surface area contributed by atoms with Crippen LogP contribution in [0, 0.1) is 10.1 Å². The number of piperidine rings is 1. The molecular weight excluding hydrogens is 840 g/mol. The fourth-order valence-corrected chi connectivity index (χ4v) is 10.8. The van der Waals surface area contributed by atoms with Crippen LogP contribution in [0.3, 0.4) is 0 Å². The number of aromatic amines is 1. The number of ether oxygens (including phenoxy) is 3. The summed E-state index contributed by atoms with van der Waals surface area (Å²) in [4.78, 5) is 37.2. The second-order valence-corrected chi connectivity index (χ2v) is 19.5. The van der Waals surface area contributed by atoms with Gasteiger partial charge in [0.2, 0.25) is 0 Å². The number of halogens is 1. The van der Waals surface area contributed by atoms with Crippen molar-refractivity contribution in [2.45, 2.75) is 92.4 Å². The monoisotopic (exact) mass is 890 g/mol. The maximum atomic E-state index is 15.7. The van der Waals surface area contributed by atoms with Crippen LogP contribution in [0.15, 0.2) is 96.2 Å². The van der Waals surface area contributed by atoms with Gasteiger partial charge in [-0.05, 0) is 129 Å². The number of carbonyl (C=O) groups excluding carboxylic acids is 1. The number of sulfonamides is 1. The molecule has 4 fully saturated rings. The largest absolute Gasteiger partial charge is 0.483 e. The number of alkyl halides is 1. The van der Waals surface area contributed by atoms with Gasteiger partial charge >= 0.3 is 5.69 Å². The number of aromatic nitrogens is 2. The summed E-state index contributed by atoms with van der Waals surface area (Å²) >= 11 is 0. The maximum absolute atomic E-state index is 15.7. The first-order valence-electron chi connectivity index (χ1n) is 22.3. The van der Waals surface area contributed by atoms with Gasteiger partial charge in [-0.25, -0.2) is 22.5 Å². The van der Waals surface area contributed by atoms with Crippen molar-refractivity contribution in [3.63, 3.8) is 0 Å². The summed E-state index contributed by atoms with van der Waals surface area (Å²) in [6.07, 6.45) is 13.5. The fraction of sp³-hybridized carbons (Fsp3) is 0.417. The molecule has 0 radical (unpaired) electrons. The topological polar surface area (TPSA) is 169 Å². The van der Waals surface area contributed by atoms with Crippen molar-refractivity contribution in [2.24, 2.45) is 0 Å². The van der Waals surface area contributed by atoms with Gasteiger partial charge in [0.15, 0.2) is 5.75 Å². The molecule has 5 aromatic rings. The Morgan fingerprint density at radius 1 is 0.969 bits per heavy atom. The van der Waals surface area contributed by atoms with Crippen molar-refractivity contribution in [2.75, 3.05) is 39.5 Å². The first-order valence-corrected chi connectivity index (χ1v) is 23.8. The van der Waals surface area contributed by atoms with E-state index in [1.54, 1.807) is 24.4 Å². The van der Waals surface area contributed by atoms with Gasteiger partial charge in [-0.15, -0.1) is 0 Å². The molecule has 0 spiro atoms. The molecule has 0 bridgehead atoms. The molecule has 2 aliphatic carbocycles. The normalized spacial score (nSPS) is 21.9. The number of amides is 1. The zero-order valence-corrected chi connectivity index (χ0v) is 36.2. The van der Waals surface area contributed by atoms with Crippen LogP contribution < -0.4 is 14.2 Å². The van der Waals surface area contributed by atoms with Crippen molar-refractivity contribution in [3.05, 3.63) is 124 Å². The highest BCUT2D eigenvalue weighted by molar-refractivity contribution is 7.90. The highest BCUT2D eigenvalue weighted by Crippen LogP contribution is 2.47. The van der Waals surface area contributed by atoms with E-state index in [9.17, 15) is 23.3 Å². The van der Waals surface area contributed by atoms with E-state index in [1.165, 1.54) is 42.7 Å². The van der Waals surface area contributed by atoms with Crippen molar-refractivity contribution < 1.29 is 36.7 Å². The van der Waals surface area contributed by atoms with Crippen LogP contribution in [0.5, 0.6) is 17.2 Å². The van der Waals surface area contributed by atoms with E-state index in [1.807, 2.05) is 6.07 Å². The first-order chi connectivity index (χ1) is 31.0. The van der Waals surface area contributed by atoms with Crippen LogP contribution in [-0.4, -0.2) is 96.2 Å². The van der Waals surface area contributed by atoms with Gasteiger partial charge < -0.3 is 19.2 Å². The van der Waals surface area contributed by atoms with Gasteiger partial charge in [0.25, 0.3) is 15.9 Å². The van der Waals surface area contributed by atoms with Crippen LogP contribution in [0.4, 0.5) is 10.1 Å². The fourth-order valence-electron chi connectivity index (χ4n) is 9.86. The van der Waals surface area contributed by atoms with E-state index >= 15 is 4.39 Å². The number of nitro groups is 1. The quantitative estimate of drug-likeness (QED) is 0.0809. The number of allylic oxidation sites excluding steroid dienone is 1. The van der Waals surface area contributed by atoms with Crippen LogP contribution >= 0.6 is 0 Å². The van der Waals surface area contributed by atoms with E-state index in [-0.39, 0.29) is 35.9 Å². The molecule has 16 heteroatoms. The average Bonchev–Trinajstić information content (AvgIpc) is 3.82. The van der Waals surface area contributed by atoms with Crippen molar-refractivity contribution in [1.82, 2.24) is 24.5 Å². The lowest BCUT2D eigenvalue weighted by Gasteiger charge is -2.43. The third-order valence-electron chi connectivity index (χ3n) is 13.7. The molecule has 64 heavy (non-hydrogen) atoms. The SMILES string of the molecule is O=C(NS(=O)(=O)c1ccc(OCC2(F)CCN(C3COC3)CC2)c([N+](=O)[O-])c1)c1ccc(C2=CC[C@H](N3CCC[C@@H]3c3ccccc3C3CC3)CC2)cc1Oc1cnc2[nH]ccc2c1. The molecule has 0 unspecified atom stereocenters. The summed E-state index contributed by atoms with van der Waals surface area (Å²) in [5.41, 5.74) is 3.16. The van der Waals surface area contributed by atoms with Gasteiger partial charge in [-0.3, -0.25) is 24.7 Å². The number of nitrogens with one attached hydrogen (secondary N) is 2. The van der Waals surface area contributed by atoms with E-state index < -0.39 is 43.7 Å². The smallest absolute Gasteiger partial charge is 0.312 e. The van der Waals surface area contributed by atoms with Crippen molar-refractivity contribution >= 4 is 38.2 Å². The van der Waals surface area contributed by atoms with Crippen LogP contribution in [0.25, 0.3) is 16.6 Å². The number of rotatable bonds is 14. The Bertz CT molecular complexity index is 2730. The summed E-state index contributed by atoms with van der Waals surface area (Å²) in [5, 5.41) is 13.0. The minimum Gasteiger partial charge on any atom is -0.483 e. The van der Waals surface area contributed by atoms with Crippen molar-refractivity contribution in [3.8, 4) is 17.2 Å². The average molecular weight is 891 g/mol. The Labute approximate surface area is 371 Å². The molecule has 3 saturated heterocycles. The molecule has 3 aromatic carbocycles. The van der Waals surface area contributed by atoms with E-state index in [0.29, 0.717) is 55.7 Å². The predicted octanol–water partition coefficient (Wildman–Crippen LogP) is 8.61. The number of fused-ring (bicyclic) bond motifs is 1. The van der Waals surface area contributed by atoms with Gasteiger partial charge in [0.1, 0.15) is 29.4 Å². The lowest BCUT2D eigenvalue weighted by molar-refractivity contribution is -0.386. The van der Waals surface area contributed by atoms with Gasteiger partial charge in [-0.1, -0.05) is 36.4 Å². The molecule has 5 heterocycles. The standard InChI is InChI=1S/C48H51FN6O8S/c49-48(18-22-53(23-19-48)36-28-61-29-36)30-62-44-16-14-38(26-43(44)55(57)58)64(59,60)52-47(56)41-15-11-33(25-45(41)63-37-24-34-17-20-50-46(34)51-27-37)31-9-12-35(13-10-31)54-21-3-6-42(54)40-5-2-1-4-39(40)32-7-8-32/h1-2,4-5,9,11,14-17,20,24-27,32,35-36,42H,3,6-8,10,12-13,18-19,21-23,28-30H2,(H,50,51)(H,52,56)/t35-,42+/m0/s1. The van der Waals surface area contributed by atoms with Crippen molar-refractivity contribution in [1.29, 1.82) is 0 Å². The zero-order valence-electron chi connectivity index (χ0n) is 35.4. The molecule has 14 nitrogen and oxygen atoms in total. The Balaban J connectivity index is 0.864. The van der Waals surface area contributed by atoms with E-state index in [2.05, 4.69) is 54.8 Å². The minimum atomic E-state index is -4.66. The second kappa shape index (κ2) is 17.4. The number of hydrogen-bond acceptors (Lipinski definition) is 11. The number of H-pyrrole nitrogens is 1. The summed E-state index contributed by atoms with van der Waals surface area (Å²) < 4.78 is 62.5. The minimum absolute atomic E-state index is 0.0661. The highest BCUT2D eigenvalue weighted by atomic mass is 32.2. The van der Waals surface area contributed by atoms with Crippen LogP contribution in [-0.2, 0) is 14.8 Å². The number of pyridine rings is 1. The van der Waals surface area contributed by atoms with Crippen LogP contribution in [0.2, 0.25) is 0 Å². The molecular formula is C48H51FN6O8S. The third kappa shape index (κ3) is 8.75. The summed E-state index contributed by atoms with van der Waals surface area (Å²) in [6, 6.07) is 21.8. The second-order valence-electron chi connectivity index (χ2n) is 17.8. The first kappa shape index (κ1) is 42.3. The summed E-state index contributed by atoms with van der Waals surface area (Å²) in [6.45, 7) is 2.91. The molecule has 1 saturated carbocycles. The molecule has 1 amide bonds. The Morgan fingerprint density at radius 2 is 1.78 bits per heavy atom. The predicted molar refractivity (Wildman–Crippen MR) is 238 cm³/mol. The molecule has 10 rings (SSSR count). The molecule has 2 N–H and O–H groups in total. The summed E-state index contributed by atoms with van der Waals surface area (Å²) in [7, 11) is -4.66. The van der Waals surface area contributed by atoms with E-state index in [0.717, 1.165) is 66.9 Å². The lowest BCUT2D eigenvalue weighted by Crippen LogP contribution is -2.55. The number of carbonyl (C=O) groups is 1. The van der Waals surface area contributed by atoms with Gasteiger partial charge in [0, 0.05) is 42.8 Å². The number of nitrogens with zero attached hydrogens (tertiary/aromatic N) is 4. The van der Waals surface area contributed by atoms with Crippen LogP contribution in [0.1, 0.15) is 96.8 Å². The molecule has 3 aliphatic heterocycles. The molecule has 5 aliphatic rings. The van der Waals surface area contributed by atoms with Gasteiger partial charge in [-0.2, -0.15) is 0 Å². The Hall–Kier alpha value is -5.68. The molecule has 334 valence electrons. The summed E-state index contributed by atoms with van der Waals surface area (Å²) in [5.74, 6) is -0.128. The number of hydrogen-bond donors (Lipinski definition) is 2. The molecule has 2 atom stereocenters. The lowest BCUT2D eigenvalue weighted by atomic mass is 9.88. The van der Waals surface area contributed by atoms with E-state index in [4.69, 9.17) is 14.2 Å². The molecule has 2 aromatic heterocycles. The Kier molecular flexibility index (Phi) is 11.5. The maximum Gasteiger partial charge on any atom is 0.312 e. The number of nitro benzene ring substituents is 1. The third-order valence-corrected chi connectivity index (χ3v) is 15.0. The Morgan fingerprint density at radius 3 is 2.52 bits per heavy atom. The number of benzene rings is 3. The van der Waals surface area contributed by atoms with Gasteiger partial charge in [0.05, 0.1) is 40.8 Å². The highest BCUT2D eigenvalue weighted by Gasteiger charge is 2.40.